The highest BCUT2D eigenvalue weighted by Gasteiger charge is 2.54. The molecule has 0 saturated carbocycles. The van der Waals surface area contributed by atoms with E-state index in [9.17, 15) is 9.59 Å². The van der Waals surface area contributed by atoms with Crippen LogP contribution in [0.1, 0.15) is 0 Å². The van der Waals surface area contributed by atoms with Crippen LogP contribution in [0.15, 0.2) is 35.8 Å². The molecule has 2 saturated heterocycles. The lowest BCUT2D eigenvalue weighted by Crippen LogP contribution is -2.64. The van der Waals surface area contributed by atoms with E-state index in [4.69, 9.17) is 14.5 Å². The summed E-state index contributed by atoms with van der Waals surface area (Å²) >= 11 is 0. The molecule has 2 unspecified atom stereocenters. The topological polar surface area (TPSA) is 77.9 Å². The summed E-state index contributed by atoms with van der Waals surface area (Å²) in [6, 6.07) is 4.70. The van der Waals surface area contributed by atoms with Gasteiger partial charge in [0.05, 0.1) is 19.9 Å². The number of aliphatic imine (C=N–C) groups is 1. The number of imide groups is 1. The fourth-order valence-corrected chi connectivity index (χ4v) is 3.97. The van der Waals surface area contributed by atoms with Crippen molar-refractivity contribution in [3.05, 3.63) is 30.9 Å². The van der Waals surface area contributed by atoms with Crippen molar-refractivity contribution in [3.8, 4) is 11.5 Å². The number of hydrogen-bond acceptors (Lipinski definition) is 7. The van der Waals surface area contributed by atoms with Gasteiger partial charge in [-0.3, -0.25) is 9.69 Å². The second-order valence-electron chi connectivity index (χ2n) is 6.80. The average molecular weight is 385 g/mol. The second-order valence-corrected chi connectivity index (χ2v) is 6.80. The molecule has 1 aromatic rings. The van der Waals surface area contributed by atoms with Crippen LogP contribution in [-0.2, 0) is 4.79 Å². The summed E-state index contributed by atoms with van der Waals surface area (Å²) in [5.41, 5.74) is 0.840. The average Bonchev–Trinajstić information content (AvgIpc) is 3.28. The van der Waals surface area contributed by atoms with Crippen LogP contribution in [0.25, 0.3) is 0 Å². The fourth-order valence-electron chi connectivity index (χ4n) is 3.97. The smallest absolute Gasteiger partial charge is 0.328 e. The van der Waals surface area contributed by atoms with Crippen LogP contribution in [0.2, 0.25) is 0 Å². The number of guanidine groups is 1. The maximum atomic E-state index is 13.0. The zero-order valence-corrected chi connectivity index (χ0v) is 16.2. The van der Waals surface area contributed by atoms with Crippen LogP contribution in [-0.4, -0.2) is 85.7 Å². The molecule has 2 fully saturated rings. The summed E-state index contributed by atoms with van der Waals surface area (Å²) in [6.45, 7) is 5.12. The number of benzene rings is 1. The van der Waals surface area contributed by atoms with E-state index in [-0.39, 0.29) is 18.5 Å². The van der Waals surface area contributed by atoms with Crippen molar-refractivity contribution in [2.45, 2.75) is 12.2 Å². The number of urea groups is 1. The third-order valence-corrected chi connectivity index (χ3v) is 5.37. The Hall–Kier alpha value is -3.23. The summed E-state index contributed by atoms with van der Waals surface area (Å²) in [5.74, 6) is 1.78. The Balaban J connectivity index is 1.69. The molecule has 148 valence electrons. The van der Waals surface area contributed by atoms with Gasteiger partial charge in [-0.15, -0.1) is 6.58 Å². The van der Waals surface area contributed by atoms with Crippen LogP contribution in [0.3, 0.4) is 0 Å². The molecule has 3 heterocycles. The quantitative estimate of drug-likeness (QED) is 0.703. The predicted molar refractivity (Wildman–Crippen MR) is 104 cm³/mol. The van der Waals surface area contributed by atoms with E-state index in [1.54, 1.807) is 27.3 Å². The lowest BCUT2D eigenvalue weighted by atomic mass is 10.1. The van der Waals surface area contributed by atoms with Gasteiger partial charge in [-0.1, -0.05) is 6.08 Å². The summed E-state index contributed by atoms with van der Waals surface area (Å²) in [7, 11) is 4.88. The fraction of sp³-hybridized carbons (Fsp3) is 0.421. The minimum atomic E-state index is -0.539. The van der Waals surface area contributed by atoms with E-state index < -0.39 is 12.2 Å². The molecule has 0 radical (unpaired) electrons. The van der Waals surface area contributed by atoms with E-state index in [2.05, 4.69) is 6.58 Å². The van der Waals surface area contributed by atoms with E-state index in [0.29, 0.717) is 30.5 Å². The monoisotopic (exact) mass is 385 g/mol. The van der Waals surface area contributed by atoms with E-state index in [0.717, 1.165) is 5.69 Å². The lowest BCUT2D eigenvalue weighted by Gasteiger charge is -2.40. The maximum Gasteiger partial charge on any atom is 0.328 e. The van der Waals surface area contributed by atoms with Crippen molar-refractivity contribution in [2.24, 2.45) is 4.99 Å². The number of hydrogen-bond donors (Lipinski definition) is 0. The molecule has 0 spiro atoms. The van der Waals surface area contributed by atoms with Crippen LogP contribution in [0.5, 0.6) is 11.5 Å². The molecule has 3 aliphatic heterocycles. The SMILES string of the molecule is C=CCN1C(=O)C2C(N=C3N(c4ccc(OC)cc4OC)CCN32)N(C)C1=O. The Morgan fingerprint density at radius 2 is 2.04 bits per heavy atom. The van der Waals surface area contributed by atoms with Crippen molar-refractivity contribution < 1.29 is 19.1 Å². The Morgan fingerprint density at radius 3 is 2.71 bits per heavy atom. The van der Waals surface area contributed by atoms with Crippen molar-refractivity contribution >= 4 is 23.6 Å². The number of methoxy groups -OCH3 is 2. The van der Waals surface area contributed by atoms with Gasteiger partial charge in [0, 0.05) is 32.7 Å². The first-order chi connectivity index (χ1) is 13.5. The molecule has 9 heteroatoms. The number of ether oxygens (including phenoxy) is 2. The van der Waals surface area contributed by atoms with Gasteiger partial charge in [-0.25, -0.2) is 9.79 Å². The minimum Gasteiger partial charge on any atom is -0.497 e. The number of amides is 3. The van der Waals surface area contributed by atoms with Crippen molar-refractivity contribution in [1.29, 1.82) is 0 Å². The van der Waals surface area contributed by atoms with Gasteiger partial charge >= 0.3 is 6.03 Å². The third kappa shape index (κ3) is 2.49. The number of carbonyl (C=O) groups is 2. The molecule has 4 rings (SSSR count). The molecule has 0 aromatic heterocycles. The predicted octanol–water partition coefficient (Wildman–Crippen LogP) is 0.970. The van der Waals surface area contributed by atoms with Gasteiger partial charge in [-0.05, 0) is 12.1 Å². The standard InChI is InChI=1S/C19H23N5O4/c1-5-8-24-17(25)15-16(21(2)19(24)26)20-18-22(9-10-23(15)18)13-7-6-12(27-3)11-14(13)28-4/h5-7,11,15-16H,1,8-10H2,2-4H3. The number of likely N-dealkylation sites (N-methyl/N-ethyl adjacent to an activating group) is 1. The van der Waals surface area contributed by atoms with Crippen LogP contribution in [0, 0.1) is 0 Å². The summed E-state index contributed by atoms with van der Waals surface area (Å²) in [4.78, 5) is 37.0. The van der Waals surface area contributed by atoms with Gasteiger partial charge in [0.25, 0.3) is 5.91 Å². The van der Waals surface area contributed by atoms with E-state index in [1.165, 1.54) is 9.80 Å². The van der Waals surface area contributed by atoms with Gasteiger partial charge in [0.15, 0.2) is 12.2 Å². The largest absolute Gasteiger partial charge is 0.497 e. The molecular weight excluding hydrogens is 362 g/mol. The highest BCUT2D eigenvalue weighted by atomic mass is 16.5. The number of anilines is 1. The molecule has 0 bridgehead atoms. The minimum absolute atomic E-state index is 0.185. The number of rotatable bonds is 5. The molecule has 1 aromatic carbocycles. The molecule has 0 N–H and O–H groups in total. The second kappa shape index (κ2) is 6.74. The number of fused-ring (bicyclic) bond motifs is 3. The Labute approximate surface area is 163 Å². The highest BCUT2D eigenvalue weighted by Crippen LogP contribution is 2.38. The van der Waals surface area contributed by atoms with E-state index in [1.807, 2.05) is 28.0 Å². The van der Waals surface area contributed by atoms with Gasteiger partial charge < -0.3 is 24.2 Å². The molecule has 3 amide bonds. The zero-order valence-electron chi connectivity index (χ0n) is 16.2. The van der Waals surface area contributed by atoms with Crippen molar-refractivity contribution in [3.63, 3.8) is 0 Å². The lowest BCUT2D eigenvalue weighted by molar-refractivity contribution is -0.136. The molecule has 3 aliphatic rings. The first-order valence-electron chi connectivity index (χ1n) is 9.05. The van der Waals surface area contributed by atoms with Crippen LogP contribution >= 0.6 is 0 Å². The van der Waals surface area contributed by atoms with Crippen LogP contribution in [0.4, 0.5) is 10.5 Å². The number of nitrogens with zero attached hydrogens (tertiary/aromatic N) is 5. The van der Waals surface area contributed by atoms with Crippen molar-refractivity contribution in [2.75, 3.05) is 45.8 Å². The number of carbonyl (C=O) groups excluding carboxylic acids is 2. The normalized spacial score (nSPS) is 23.6. The summed E-state index contributed by atoms with van der Waals surface area (Å²) in [5, 5.41) is 0. The zero-order chi connectivity index (χ0) is 20.0. The molecule has 28 heavy (non-hydrogen) atoms. The highest BCUT2D eigenvalue weighted by molar-refractivity contribution is 6.08. The maximum absolute atomic E-state index is 13.0. The first-order valence-corrected chi connectivity index (χ1v) is 9.05. The van der Waals surface area contributed by atoms with Crippen molar-refractivity contribution in [1.82, 2.24) is 14.7 Å². The van der Waals surface area contributed by atoms with Crippen LogP contribution < -0.4 is 14.4 Å². The molecule has 2 atom stereocenters. The molecule has 0 aliphatic carbocycles. The summed E-state index contributed by atoms with van der Waals surface area (Å²) in [6.07, 6.45) is 1.02. The van der Waals surface area contributed by atoms with Gasteiger partial charge in [0.1, 0.15) is 11.5 Å². The third-order valence-electron chi connectivity index (χ3n) is 5.37. The van der Waals surface area contributed by atoms with Gasteiger partial charge in [-0.2, -0.15) is 0 Å². The first kappa shape index (κ1) is 18.1. The van der Waals surface area contributed by atoms with E-state index >= 15 is 0 Å². The Morgan fingerprint density at radius 1 is 1.25 bits per heavy atom. The summed E-state index contributed by atoms with van der Waals surface area (Å²) < 4.78 is 10.8. The van der Waals surface area contributed by atoms with Gasteiger partial charge in [0.2, 0.25) is 5.96 Å². The molecule has 9 nitrogen and oxygen atoms in total. The molecular formula is C19H23N5O4. The Bertz CT molecular complexity index is 870. The Kier molecular flexibility index (Phi) is 4.37.